The van der Waals surface area contributed by atoms with E-state index in [1.807, 2.05) is 24.3 Å². The van der Waals surface area contributed by atoms with Crippen LogP contribution >= 0.6 is 0 Å². The van der Waals surface area contributed by atoms with Gasteiger partial charge in [-0.25, -0.2) is 0 Å². The molecule has 1 aromatic carbocycles. The molecule has 1 amide bonds. The average Bonchev–Trinajstić information content (AvgIpc) is 2.37. The Balaban J connectivity index is 2.72. The van der Waals surface area contributed by atoms with Gasteiger partial charge >= 0.3 is 0 Å². The van der Waals surface area contributed by atoms with Crippen LogP contribution in [0.15, 0.2) is 24.3 Å². The van der Waals surface area contributed by atoms with Crippen molar-refractivity contribution in [3.8, 4) is 0 Å². The van der Waals surface area contributed by atoms with E-state index in [4.69, 9.17) is 5.73 Å². The number of amides is 1. The van der Waals surface area contributed by atoms with E-state index in [0.717, 1.165) is 24.0 Å². The first kappa shape index (κ1) is 14.7. The fourth-order valence-electron chi connectivity index (χ4n) is 1.66. The smallest absolute Gasteiger partial charge is 0.251 e. The molecule has 0 spiro atoms. The molecule has 0 bridgehead atoms. The minimum Gasteiger partial charge on any atom is -0.351 e. The first-order valence-corrected chi connectivity index (χ1v) is 6.56. The van der Waals surface area contributed by atoms with Crippen molar-refractivity contribution in [2.75, 3.05) is 13.1 Å². The molecule has 0 saturated carbocycles. The molecule has 0 aromatic heterocycles. The first-order chi connectivity index (χ1) is 8.50. The van der Waals surface area contributed by atoms with Gasteiger partial charge in [-0.3, -0.25) is 4.79 Å². The van der Waals surface area contributed by atoms with Crippen LogP contribution in [0.25, 0.3) is 0 Å². The van der Waals surface area contributed by atoms with Crippen molar-refractivity contribution < 1.29 is 4.79 Å². The van der Waals surface area contributed by atoms with Gasteiger partial charge in [0.1, 0.15) is 0 Å². The quantitative estimate of drug-likeness (QED) is 0.812. The number of nitrogens with one attached hydrogen (secondary N) is 1. The average molecular weight is 248 g/mol. The summed E-state index contributed by atoms with van der Waals surface area (Å²) in [6.07, 6.45) is 1.78. The molecule has 0 heterocycles. The van der Waals surface area contributed by atoms with Crippen LogP contribution in [0.1, 0.15) is 43.1 Å². The highest BCUT2D eigenvalue weighted by Crippen LogP contribution is 2.18. The van der Waals surface area contributed by atoms with Gasteiger partial charge in [0.15, 0.2) is 0 Å². The number of benzene rings is 1. The minimum atomic E-state index is 0.000532. The fraction of sp³-hybridized carbons (Fsp3) is 0.533. The van der Waals surface area contributed by atoms with Crippen LogP contribution in [-0.2, 0) is 6.42 Å². The van der Waals surface area contributed by atoms with Gasteiger partial charge in [0.05, 0.1) is 0 Å². The summed E-state index contributed by atoms with van der Waals surface area (Å²) >= 11 is 0. The highest BCUT2D eigenvalue weighted by Gasteiger charge is 2.17. The highest BCUT2D eigenvalue weighted by molar-refractivity contribution is 5.95. The number of carbonyl (C=O) groups excluding carboxylic acids is 1. The lowest BCUT2D eigenvalue weighted by molar-refractivity contribution is 0.0935. The van der Waals surface area contributed by atoms with Crippen molar-refractivity contribution in [2.45, 2.75) is 33.6 Å². The number of rotatable bonds is 6. The third-order valence-electron chi connectivity index (χ3n) is 3.36. The number of nitrogens with two attached hydrogens (primary N) is 1. The lowest BCUT2D eigenvalue weighted by Gasteiger charge is -2.23. The van der Waals surface area contributed by atoms with Crippen LogP contribution in [0.2, 0.25) is 0 Å². The maximum atomic E-state index is 12.2. The molecule has 0 radical (unpaired) electrons. The van der Waals surface area contributed by atoms with Gasteiger partial charge in [-0.05, 0) is 36.4 Å². The predicted molar refractivity (Wildman–Crippen MR) is 75.6 cm³/mol. The Hall–Kier alpha value is -1.35. The Morgan fingerprint density at radius 3 is 2.61 bits per heavy atom. The van der Waals surface area contributed by atoms with Crippen molar-refractivity contribution in [1.82, 2.24) is 5.32 Å². The molecule has 0 aliphatic rings. The van der Waals surface area contributed by atoms with Crippen molar-refractivity contribution in [3.63, 3.8) is 0 Å². The topological polar surface area (TPSA) is 55.1 Å². The van der Waals surface area contributed by atoms with Crippen LogP contribution in [0.3, 0.4) is 0 Å². The van der Waals surface area contributed by atoms with Gasteiger partial charge in [0, 0.05) is 12.1 Å². The summed E-state index contributed by atoms with van der Waals surface area (Å²) in [5.41, 5.74) is 7.47. The number of hydrogen-bond donors (Lipinski definition) is 2. The SMILES string of the molecule is CCC(C)(C)CNC(=O)c1ccccc1CCN. The molecule has 1 aromatic rings. The second kappa shape index (κ2) is 6.55. The normalized spacial score (nSPS) is 11.3. The van der Waals surface area contributed by atoms with Gasteiger partial charge in [-0.2, -0.15) is 0 Å². The van der Waals surface area contributed by atoms with E-state index in [9.17, 15) is 4.79 Å². The summed E-state index contributed by atoms with van der Waals surface area (Å²) in [6.45, 7) is 7.69. The third-order valence-corrected chi connectivity index (χ3v) is 3.36. The summed E-state index contributed by atoms with van der Waals surface area (Å²) in [6, 6.07) is 7.66. The predicted octanol–water partition coefficient (Wildman–Crippen LogP) is 2.35. The van der Waals surface area contributed by atoms with Crippen molar-refractivity contribution in [1.29, 1.82) is 0 Å². The van der Waals surface area contributed by atoms with E-state index in [1.54, 1.807) is 0 Å². The minimum absolute atomic E-state index is 0.000532. The molecule has 1 rings (SSSR count). The van der Waals surface area contributed by atoms with E-state index in [1.165, 1.54) is 0 Å². The van der Waals surface area contributed by atoms with Crippen molar-refractivity contribution in [3.05, 3.63) is 35.4 Å². The maximum absolute atomic E-state index is 12.2. The van der Waals surface area contributed by atoms with E-state index in [-0.39, 0.29) is 11.3 Å². The van der Waals surface area contributed by atoms with Crippen LogP contribution in [0, 0.1) is 5.41 Å². The van der Waals surface area contributed by atoms with Gasteiger partial charge in [0.25, 0.3) is 5.91 Å². The van der Waals surface area contributed by atoms with Crippen molar-refractivity contribution in [2.24, 2.45) is 11.1 Å². The highest BCUT2D eigenvalue weighted by atomic mass is 16.1. The molecule has 0 atom stereocenters. The zero-order valence-electron chi connectivity index (χ0n) is 11.6. The Bertz CT molecular complexity index is 399. The maximum Gasteiger partial charge on any atom is 0.251 e. The largest absolute Gasteiger partial charge is 0.351 e. The Morgan fingerprint density at radius 2 is 2.00 bits per heavy atom. The summed E-state index contributed by atoms with van der Waals surface area (Å²) in [5.74, 6) is 0.000532. The monoisotopic (exact) mass is 248 g/mol. The lowest BCUT2D eigenvalue weighted by atomic mass is 9.90. The molecule has 3 heteroatoms. The van der Waals surface area contributed by atoms with E-state index in [0.29, 0.717) is 13.1 Å². The number of hydrogen-bond acceptors (Lipinski definition) is 2. The van der Waals surface area contributed by atoms with Crippen LogP contribution in [0.4, 0.5) is 0 Å². The molecular formula is C15H24N2O. The molecule has 0 fully saturated rings. The second-order valence-corrected chi connectivity index (χ2v) is 5.40. The first-order valence-electron chi connectivity index (χ1n) is 6.56. The van der Waals surface area contributed by atoms with E-state index in [2.05, 4.69) is 26.1 Å². The zero-order chi connectivity index (χ0) is 13.6. The van der Waals surface area contributed by atoms with Crippen molar-refractivity contribution >= 4 is 5.91 Å². The summed E-state index contributed by atoms with van der Waals surface area (Å²) in [4.78, 5) is 12.2. The van der Waals surface area contributed by atoms with Crippen LogP contribution in [-0.4, -0.2) is 19.0 Å². The summed E-state index contributed by atoms with van der Waals surface area (Å²) in [7, 11) is 0. The molecule has 3 nitrogen and oxygen atoms in total. The molecule has 0 aliphatic carbocycles. The summed E-state index contributed by atoms with van der Waals surface area (Å²) < 4.78 is 0. The molecule has 100 valence electrons. The van der Waals surface area contributed by atoms with E-state index < -0.39 is 0 Å². The molecule has 18 heavy (non-hydrogen) atoms. The molecule has 0 unspecified atom stereocenters. The Kier molecular flexibility index (Phi) is 5.35. The molecule has 0 aliphatic heterocycles. The second-order valence-electron chi connectivity index (χ2n) is 5.40. The molecule has 0 saturated heterocycles. The fourth-order valence-corrected chi connectivity index (χ4v) is 1.66. The summed E-state index contributed by atoms with van der Waals surface area (Å²) in [5, 5.41) is 3.01. The van der Waals surface area contributed by atoms with Gasteiger partial charge in [-0.15, -0.1) is 0 Å². The third kappa shape index (κ3) is 4.15. The Morgan fingerprint density at radius 1 is 1.33 bits per heavy atom. The Labute approximate surface area is 110 Å². The lowest BCUT2D eigenvalue weighted by Crippen LogP contribution is -2.34. The van der Waals surface area contributed by atoms with Gasteiger partial charge < -0.3 is 11.1 Å². The van der Waals surface area contributed by atoms with E-state index >= 15 is 0 Å². The van der Waals surface area contributed by atoms with Gasteiger partial charge in [0.2, 0.25) is 0 Å². The standard InChI is InChI=1S/C15H24N2O/c1-4-15(2,3)11-17-14(18)13-8-6-5-7-12(13)9-10-16/h5-8H,4,9-11,16H2,1-3H3,(H,17,18). The van der Waals surface area contributed by atoms with Gasteiger partial charge in [-0.1, -0.05) is 39.0 Å². The molecule has 3 N–H and O–H groups in total. The number of carbonyl (C=O) groups is 1. The van der Waals surface area contributed by atoms with Crippen LogP contribution in [0.5, 0.6) is 0 Å². The molecular weight excluding hydrogens is 224 g/mol. The zero-order valence-corrected chi connectivity index (χ0v) is 11.6. The van der Waals surface area contributed by atoms with Crippen LogP contribution < -0.4 is 11.1 Å².